The molecule has 0 amide bonds. The van der Waals surface area contributed by atoms with Gasteiger partial charge in [-0.1, -0.05) is 199 Å². The minimum atomic E-state index is -4.14. The van der Waals surface area contributed by atoms with E-state index >= 15 is 0 Å². The second-order valence-corrected chi connectivity index (χ2v) is 21.8. The van der Waals surface area contributed by atoms with Crippen LogP contribution in [0.25, 0.3) is 0 Å². The topological polar surface area (TPSA) is 176 Å². The summed E-state index contributed by atoms with van der Waals surface area (Å²) < 4.78 is 65.7. The molecule has 0 rings (SSSR count). The minimum absolute atomic E-state index is 0. The maximum Gasteiger partial charge on any atom is 3.00 e. The van der Waals surface area contributed by atoms with Crippen LogP contribution in [0.4, 0.5) is 0 Å². The Morgan fingerprint density at radius 3 is 0.516 bits per heavy atom. The molecule has 6 unspecified atom stereocenters. The van der Waals surface area contributed by atoms with E-state index < -0.39 is 23.5 Å². The predicted octanol–water partition coefficient (Wildman–Crippen LogP) is 14.8. The summed E-state index contributed by atoms with van der Waals surface area (Å²) in [6, 6.07) is 0. The SMILES string of the molecule is CCCCC(CC)COP(=O)([O-])OCC(CC)CCCC.CCCCC(CC)COP(=O)([O-])OCC(CC)CCCC.CCCCC(CC)COP(=O)([O-])OCC(CC)CCCC.[Gd+3]. The van der Waals surface area contributed by atoms with Crippen LogP contribution in [0.15, 0.2) is 0 Å². The molecule has 0 aliphatic heterocycles. The van der Waals surface area contributed by atoms with Crippen molar-refractivity contribution in [3.8, 4) is 0 Å². The van der Waals surface area contributed by atoms with Crippen LogP contribution in [0, 0.1) is 75.4 Å². The molecule has 389 valence electrons. The Balaban J connectivity index is -0.000000419. The molecule has 0 aromatic heterocycles. The standard InChI is InChI=1S/3C16H35O4P.Gd/c3*1-5-9-11-15(7-3)13-19-21(17,18)20-14-16(8-4)12-10-6-2;/h3*15-16H,5-14H2,1-4H3,(H,17,18);/q;;;+3/p-3. The van der Waals surface area contributed by atoms with Gasteiger partial charge in [0.25, 0.3) is 23.5 Å². The normalized spacial score (nSPS) is 17.1. The first-order valence-electron chi connectivity index (χ1n) is 25.8. The molecule has 6 atom stereocenters. The molecule has 0 N–H and O–H groups in total. The fourth-order valence-corrected chi connectivity index (χ4v) is 9.26. The second kappa shape index (κ2) is 48.3. The molecule has 0 spiro atoms. The molecule has 64 heavy (non-hydrogen) atoms. The van der Waals surface area contributed by atoms with Gasteiger partial charge < -0.3 is 41.8 Å². The van der Waals surface area contributed by atoms with Crippen LogP contribution in [0.2, 0.25) is 0 Å². The molecule has 12 nitrogen and oxygen atoms in total. The Kier molecular flexibility index (Phi) is 54.5. The van der Waals surface area contributed by atoms with E-state index in [1.54, 1.807) is 0 Å². The van der Waals surface area contributed by atoms with Gasteiger partial charge in [-0.15, -0.1) is 0 Å². The van der Waals surface area contributed by atoms with Crippen molar-refractivity contribution in [1.82, 2.24) is 0 Å². The van der Waals surface area contributed by atoms with Crippen LogP contribution in [0.5, 0.6) is 0 Å². The van der Waals surface area contributed by atoms with E-state index in [2.05, 4.69) is 83.1 Å². The molecular weight excluding hydrogens is 1020 g/mol. The Morgan fingerprint density at radius 2 is 0.422 bits per heavy atom. The number of hydrogen-bond acceptors (Lipinski definition) is 12. The zero-order valence-electron chi connectivity index (χ0n) is 43.3. The molecular formula is C48H102GdO12P3. The smallest absolute Gasteiger partial charge is 0.756 e. The van der Waals surface area contributed by atoms with Gasteiger partial charge >= 0.3 is 39.9 Å². The summed E-state index contributed by atoms with van der Waals surface area (Å²) in [5, 5.41) is 0. The quantitative estimate of drug-likeness (QED) is 0.0530. The zero-order chi connectivity index (χ0) is 48.4. The van der Waals surface area contributed by atoms with Crippen molar-refractivity contribution >= 4 is 23.5 Å². The van der Waals surface area contributed by atoms with Crippen molar-refractivity contribution in [3.63, 3.8) is 0 Å². The molecule has 16 heteroatoms. The third-order valence-corrected chi connectivity index (χ3v) is 14.9. The van der Waals surface area contributed by atoms with E-state index in [-0.39, 0.29) is 79.6 Å². The van der Waals surface area contributed by atoms with Crippen molar-refractivity contribution in [3.05, 3.63) is 0 Å². The number of phosphoric acid groups is 3. The first-order chi connectivity index (χ1) is 30.0. The van der Waals surface area contributed by atoms with Crippen LogP contribution < -0.4 is 14.7 Å². The van der Waals surface area contributed by atoms with Gasteiger partial charge in [0, 0.05) is 0 Å². The summed E-state index contributed by atoms with van der Waals surface area (Å²) in [5.74, 6) is 1.82. The Bertz CT molecular complexity index is 919. The first-order valence-corrected chi connectivity index (χ1v) is 30.1. The zero-order valence-corrected chi connectivity index (χ0v) is 48.2. The molecule has 0 aliphatic rings. The van der Waals surface area contributed by atoms with E-state index in [1.165, 1.54) is 0 Å². The number of hydrogen-bond donors (Lipinski definition) is 0. The van der Waals surface area contributed by atoms with E-state index in [0.29, 0.717) is 35.5 Å². The fourth-order valence-electron chi connectivity index (χ4n) is 6.68. The summed E-state index contributed by atoms with van der Waals surface area (Å²) in [4.78, 5) is 35.4. The Hall–Kier alpha value is 1.65. The predicted molar refractivity (Wildman–Crippen MR) is 258 cm³/mol. The molecule has 0 aromatic carbocycles. The summed E-state index contributed by atoms with van der Waals surface area (Å²) >= 11 is 0. The summed E-state index contributed by atoms with van der Waals surface area (Å²) in [7, 11) is -12.4. The molecule has 0 fully saturated rings. The monoisotopic (exact) mass is 1120 g/mol. The third-order valence-electron chi connectivity index (χ3n) is 12.1. The molecule has 1 radical (unpaired) electrons. The number of rotatable bonds is 42. The average Bonchev–Trinajstić information content (AvgIpc) is 3.27. The van der Waals surface area contributed by atoms with Gasteiger partial charge in [-0.3, -0.25) is 13.7 Å². The van der Waals surface area contributed by atoms with Gasteiger partial charge in [-0.25, -0.2) is 0 Å². The van der Waals surface area contributed by atoms with Gasteiger partial charge in [0.15, 0.2) is 0 Å². The summed E-state index contributed by atoms with van der Waals surface area (Å²) in [5.41, 5.74) is 0. The van der Waals surface area contributed by atoms with Crippen molar-refractivity contribution in [2.24, 2.45) is 35.5 Å². The molecule has 0 heterocycles. The molecule has 0 saturated heterocycles. The maximum atomic E-state index is 11.8. The van der Waals surface area contributed by atoms with E-state index in [1.807, 2.05) is 0 Å². The first kappa shape index (κ1) is 72.2. The molecule has 0 aromatic rings. The minimum Gasteiger partial charge on any atom is -0.756 e. The second-order valence-electron chi connectivity index (χ2n) is 17.6. The van der Waals surface area contributed by atoms with Crippen molar-refractivity contribution in [2.45, 2.75) is 237 Å². The van der Waals surface area contributed by atoms with Crippen molar-refractivity contribution in [1.29, 1.82) is 0 Å². The number of unbranched alkanes of at least 4 members (excludes halogenated alkanes) is 6. The van der Waals surface area contributed by atoms with Crippen LogP contribution in [0.3, 0.4) is 0 Å². The van der Waals surface area contributed by atoms with Gasteiger partial charge in [-0.05, 0) is 74.0 Å². The van der Waals surface area contributed by atoms with Crippen LogP contribution in [-0.2, 0) is 40.8 Å². The van der Waals surface area contributed by atoms with Crippen molar-refractivity contribution in [2.75, 3.05) is 39.6 Å². The van der Waals surface area contributed by atoms with E-state index in [9.17, 15) is 28.4 Å². The summed E-state index contributed by atoms with van der Waals surface area (Å²) in [6.45, 7) is 26.7. The molecule has 0 bridgehead atoms. The summed E-state index contributed by atoms with van der Waals surface area (Å²) in [6.07, 6.45) is 25.1. The molecule has 0 saturated carbocycles. The van der Waals surface area contributed by atoms with Gasteiger partial charge in [-0.2, -0.15) is 0 Å². The molecule has 0 aliphatic carbocycles. The third kappa shape index (κ3) is 46.1. The van der Waals surface area contributed by atoms with Crippen LogP contribution in [0.1, 0.15) is 237 Å². The van der Waals surface area contributed by atoms with Gasteiger partial charge in [0.2, 0.25) is 0 Å². The Labute approximate surface area is 428 Å². The van der Waals surface area contributed by atoms with Gasteiger partial charge in [0.05, 0.1) is 39.6 Å². The maximum absolute atomic E-state index is 11.8. The fraction of sp³-hybridized carbons (Fsp3) is 1.00. The van der Waals surface area contributed by atoms with Crippen molar-refractivity contribution < 1.29 is 95.5 Å². The van der Waals surface area contributed by atoms with E-state index in [0.717, 1.165) is 154 Å². The van der Waals surface area contributed by atoms with Gasteiger partial charge in [0.1, 0.15) is 0 Å². The average molecular weight is 1120 g/mol. The van der Waals surface area contributed by atoms with Crippen LogP contribution >= 0.6 is 23.5 Å². The Morgan fingerprint density at radius 1 is 0.297 bits per heavy atom. The number of phosphoric ester groups is 3. The van der Waals surface area contributed by atoms with E-state index in [4.69, 9.17) is 27.1 Å². The largest absolute Gasteiger partial charge is 3.00 e. The van der Waals surface area contributed by atoms with Crippen LogP contribution in [-0.4, -0.2) is 39.6 Å².